The fraction of sp³-hybridized carbons (Fsp3) is 0.400. The highest BCUT2D eigenvalue weighted by Crippen LogP contribution is 2.12. The summed E-state index contributed by atoms with van der Waals surface area (Å²) in [5, 5.41) is 3.52. The normalized spacial score (nSPS) is 19.4. The molecule has 0 saturated carbocycles. The Labute approximate surface area is 94.6 Å². The van der Waals surface area contributed by atoms with Gasteiger partial charge in [-0.05, 0) is 44.1 Å². The van der Waals surface area contributed by atoms with E-state index in [1.165, 1.54) is 19.1 Å². The van der Waals surface area contributed by atoms with E-state index in [4.69, 9.17) is 0 Å². The molecular weight excluding hydrogens is 230 g/mol. The Morgan fingerprint density at radius 3 is 2.44 bits per heavy atom. The lowest BCUT2D eigenvalue weighted by Crippen LogP contribution is -2.12. The van der Waals surface area contributed by atoms with Gasteiger partial charge in [-0.3, -0.25) is 9.08 Å². The van der Waals surface area contributed by atoms with Crippen molar-refractivity contribution in [3.05, 3.63) is 23.3 Å². The van der Waals surface area contributed by atoms with Crippen molar-refractivity contribution < 1.29 is 17.5 Å². The Balaban J connectivity index is 2.94. The van der Waals surface area contributed by atoms with Crippen LogP contribution in [0.2, 0.25) is 0 Å². The molecule has 0 atom stereocenters. The first-order valence-corrected chi connectivity index (χ1v) is 6.34. The van der Waals surface area contributed by atoms with Crippen LogP contribution in [0, 0.1) is 0 Å². The molecular formula is C10H13NO4S. The smallest absolute Gasteiger partial charge is 0.290 e. The molecule has 6 heteroatoms. The number of ketones is 1. The van der Waals surface area contributed by atoms with Crippen molar-refractivity contribution in [1.29, 1.82) is 0 Å². The zero-order chi connectivity index (χ0) is 12.3. The third kappa shape index (κ3) is 3.03. The van der Waals surface area contributed by atoms with Gasteiger partial charge in [0.1, 0.15) is 5.71 Å². The molecule has 0 aromatic carbocycles. The van der Waals surface area contributed by atoms with Crippen LogP contribution < -0.4 is 0 Å². The van der Waals surface area contributed by atoms with Crippen molar-refractivity contribution >= 4 is 21.6 Å². The second kappa shape index (κ2) is 4.61. The molecule has 88 valence electrons. The first-order valence-electron chi connectivity index (χ1n) is 4.76. The Bertz CT molecular complexity index is 497. The number of hydrogen-bond donors (Lipinski definition) is 0. The van der Waals surface area contributed by atoms with Gasteiger partial charge in [-0.2, -0.15) is 8.42 Å². The number of nitrogens with zero attached hydrogens (tertiary/aromatic N) is 1. The molecule has 0 spiro atoms. The lowest BCUT2D eigenvalue weighted by molar-refractivity contribution is -0.111. The Morgan fingerprint density at radius 2 is 1.88 bits per heavy atom. The quantitative estimate of drug-likeness (QED) is 0.551. The summed E-state index contributed by atoms with van der Waals surface area (Å²) in [6.45, 7) is 4.76. The molecule has 0 saturated heterocycles. The molecule has 0 aliphatic heterocycles. The van der Waals surface area contributed by atoms with Crippen LogP contribution >= 0.6 is 0 Å². The summed E-state index contributed by atoms with van der Waals surface area (Å²) >= 11 is 0. The largest absolute Gasteiger partial charge is 0.328 e. The monoisotopic (exact) mass is 243 g/mol. The van der Waals surface area contributed by atoms with Crippen molar-refractivity contribution in [3.8, 4) is 0 Å². The van der Waals surface area contributed by atoms with Gasteiger partial charge in [0.15, 0.2) is 5.78 Å². The molecule has 0 bridgehead atoms. The van der Waals surface area contributed by atoms with E-state index >= 15 is 0 Å². The molecule has 5 nitrogen and oxygen atoms in total. The molecule has 0 aromatic heterocycles. The minimum Gasteiger partial charge on any atom is -0.290 e. The zero-order valence-corrected chi connectivity index (χ0v) is 10.2. The fourth-order valence-corrected chi connectivity index (χ4v) is 1.32. The molecule has 0 radical (unpaired) electrons. The molecule has 0 fully saturated rings. The van der Waals surface area contributed by atoms with Gasteiger partial charge in [0.2, 0.25) is 0 Å². The third-order valence-electron chi connectivity index (χ3n) is 2.10. The van der Waals surface area contributed by atoms with Gasteiger partial charge in [0, 0.05) is 0 Å². The average molecular weight is 243 g/mol. The van der Waals surface area contributed by atoms with Crippen LogP contribution in [-0.4, -0.2) is 25.7 Å². The first kappa shape index (κ1) is 12.6. The van der Waals surface area contributed by atoms with Crippen molar-refractivity contribution in [2.24, 2.45) is 5.16 Å². The van der Waals surface area contributed by atoms with Gasteiger partial charge in [-0.25, -0.2) is 0 Å². The number of rotatable bonds is 3. The van der Waals surface area contributed by atoms with Crippen LogP contribution in [0.25, 0.3) is 0 Å². The summed E-state index contributed by atoms with van der Waals surface area (Å²) in [7, 11) is -3.60. The van der Waals surface area contributed by atoms with E-state index < -0.39 is 10.1 Å². The van der Waals surface area contributed by atoms with E-state index in [1.807, 2.05) is 0 Å². The van der Waals surface area contributed by atoms with Crippen LogP contribution in [-0.2, 0) is 19.2 Å². The van der Waals surface area contributed by atoms with Crippen LogP contribution in [0.5, 0.6) is 0 Å². The molecule has 16 heavy (non-hydrogen) atoms. The number of carbonyl (C=O) groups is 1. The summed E-state index contributed by atoms with van der Waals surface area (Å²) in [6.07, 6.45) is 2.90. The number of allylic oxidation sites excluding steroid dienone is 4. The standard InChI is InChI=1S/C10H13NO4S/c1-4-16(13,14)15-11-9-5-8(3)10(12)6-7(9)2/h5-6H,4H2,1-3H3. The maximum absolute atomic E-state index is 11.2. The fourth-order valence-electron chi connectivity index (χ4n) is 1.02. The van der Waals surface area contributed by atoms with Crippen molar-refractivity contribution in [3.63, 3.8) is 0 Å². The van der Waals surface area contributed by atoms with Gasteiger partial charge in [0.05, 0.1) is 5.75 Å². The van der Waals surface area contributed by atoms with E-state index in [0.717, 1.165) is 0 Å². The molecule has 0 aromatic rings. The maximum Gasteiger partial charge on any atom is 0.328 e. The van der Waals surface area contributed by atoms with Gasteiger partial charge in [-0.1, -0.05) is 5.16 Å². The van der Waals surface area contributed by atoms with Crippen LogP contribution in [0.3, 0.4) is 0 Å². The lowest BCUT2D eigenvalue weighted by atomic mass is 9.99. The maximum atomic E-state index is 11.2. The number of oxime groups is 1. The van der Waals surface area contributed by atoms with Gasteiger partial charge in [0.25, 0.3) is 0 Å². The highest BCUT2D eigenvalue weighted by molar-refractivity contribution is 7.86. The second-order valence-corrected chi connectivity index (χ2v) is 5.26. The Kier molecular flexibility index (Phi) is 3.64. The van der Waals surface area contributed by atoms with Crippen molar-refractivity contribution in [2.75, 3.05) is 5.75 Å². The van der Waals surface area contributed by atoms with E-state index in [-0.39, 0.29) is 11.5 Å². The molecule has 0 amide bonds. The average Bonchev–Trinajstić information content (AvgIpc) is 2.22. The Morgan fingerprint density at radius 1 is 1.25 bits per heavy atom. The van der Waals surface area contributed by atoms with Gasteiger partial charge in [-0.15, -0.1) is 0 Å². The predicted molar refractivity (Wildman–Crippen MR) is 60.5 cm³/mol. The molecule has 1 aliphatic carbocycles. The van der Waals surface area contributed by atoms with Gasteiger partial charge >= 0.3 is 10.1 Å². The van der Waals surface area contributed by atoms with E-state index in [9.17, 15) is 13.2 Å². The van der Waals surface area contributed by atoms with Crippen LogP contribution in [0.1, 0.15) is 20.8 Å². The van der Waals surface area contributed by atoms with Crippen LogP contribution in [0.4, 0.5) is 0 Å². The van der Waals surface area contributed by atoms with E-state index in [2.05, 4.69) is 9.44 Å². The second-order valence-electron chi connectivity index (χ2n) is 3.42. The van der Waals surface area contributed by atoms with E-state index in [1.54, 1.807) is 13.8 Å². The molecule has 0 heterocycles. The minimum absolute atomic E-state index is 0.102. The Hall–Kier alpha value is -1.43. The molecule has 0 unspecified atom stereocenters. The number of carbonyl (C=O) groups excluding carboxylic acids is 1. The zero-order valence-electron chi connectivity index (χ0n) is 9.35. The summed E-state index contributed by atoms with van der Waals surface area (Å²) < 4.78 is 26.6. The topological polar surface area (TPSA) is 72.8 Å². The first-order chi connectivity index (χ1) is 7.35. The van der Waals surface area contributed by atoms with E-state index in [0.29, 0.717) is 16.9 Å². The summed E-state index contributed by atoms with van der Waals surface area (Å²) in [6, 6.07) is 0. The third-order valence-corrected chi connectivity index (χ3v) is 3.11. The molecule has 1 aliphatic rings. The highest BCUT2D eigenvalue weighted by Gasteiger charge is 2.14. The predicted octanol–water partition coefficient (Wildman–Crippen LogP) is 1.18. The van der Waals surface area contributed by atoms with Gasteiger partial charge < -0.3 is 0 Å². The summed E-state index contributed by atoms with van der Waals surface area (Å²) in [5.41, 5.74) is 1.44. The summed E-state index contributed by atoms with van der Waals surface area (Å²) in [4.78, 5) is 11.2. The minimum atomic E-state index is -3.60. The van der Waals surface area contributed by atoms with Crippen molar-refractivity contribution in [1.82, 2.24) is 0 Å². The highest BCUT2D eigenvalue weighted by atomic mass is 32.2. The molecule has 1 rings (SSSR count). The van der Waals surface area contributed by atoms with Crippen LogP contribution in [0.15, 0.2) is 28.5 Å². The summed E-state index contributed by atoms with van der Waals surface area (Å²) in [5.74, 6) is -0.247. The molecule has 0 N–H and O–H groups in total. The lowest BCUT2D eigenvalue weighted by Gasteiger charge is -2.08. The number of hydrogen-bond acceptors (Lipinski definition) is 5. The SMILES string of the molecule is CCS(=O)(=O)ON=C1C=C(C)C(=O)C=C1C. The van der Waals surface area contributed by atoms with Crippen molar-refractivity contribution in [2.45, 2.75) is 20.8 Å².